The van der Waals surface area contributed by atoms with Crippen molar-refractivity contribution in [1.29, 1.82) is 0 Å². The third-order valence-electron chi connectivity index (χ3n) is 3.73. The van der Waals surface area contributed by atoms with Crippen molar-refractivity contribution in [3.8, 4) is 0 Å². The molecular weight excluding hydrogens is 341 g/mol. The van der Waals surface area contributed by atoms with E-state index in [0.29, 0.717) is 0 Å². The lowest BCUT2D eigenvalue weighted by Gasteiger charge is -2.26. The molecule has 0 aliphatic heterocycles. The highest BCUT2D eigenvalue weighted by Crippen LogP contribution is 2.36. The Morgan fingerprint density at radius 2 is 1.77 bits per heavy atom. The van der Waals surface area contributed by atoms with Crippen molar-refractivity contribution in [2.24, 2.45) is 11.7 Å². The van der Waals surface area contributed by atoms with E-state index in [-0.39, 0.29) is 35.8 Å². The minimum absolute atomic E-state index is 0. The van der Waals surface area contributed by atoms with Crippen LogP contribution in [-0.4, -0.2) is 32.4 Å². The van der Waals surface area contributed by atoms with E-state index in [0.717, 1.165) is 37.1 Å². The van der Waals surface area contributed by atoms with Crippen LogP contribution in [0.15, 0.2) is 29.2 Å². The third kappa shape index (κ3) is 3.92. The van der Waals surface area contributed by atoms with Gasteiger partial charge in [-0.15, -0.1) is 12.4 Å². The first-order chi connectivity index (χ1) is 9.67. The fraction of sp³-hybridized carbons (Fsp3) is 0.538. The van der Waals surface area contributed by atoms with Crippen molar-refractivity contribution in [3.05, 3.63) is 29.8 Å². The standard InChI is InChI=1S/C13H17F3N2O2S.ClH/c1-18(12(8-17)9-2-3-9)21(19,20)11-6-4-10(5-7-11)13(14,15)16;/h4-7,9,12H,2-3,8,17H2,1H3;1H. The Morgan fingerprint density at radius 3 is 2.14 bits per heavy atom. The predicted molar refractivity (Wildman–Crippen MR) is 79.2 cm³/mol. The molecule has 126 valence electrons. The van der Waals surface area contributed by atoms with Crippen LogP contribution in [0.3, 0.4) is 0 Å². The van der Waals surface area contributed by atoms with E-state index >= 15 is 0 Å². The number of alkyl halides is 3. The molecule has 1 atom stereocenters. The van der Waals surface area contributed by atoms with Gasteiger partial charge in [-0.3, -0.25) is 0 Å². The Labute approximate surface area is 133 Å². The smallest absolute Gasteiger partial charge is 0.329 e. The first kappa shape index (κ1) is 19.2. The molecule has 1 saturated carbocycles. The molecule has 0 saturated heterocycles. The summed E-state index contributed by atoms with van der Waals surface area (Å²) in [5.41, 5.74) is 4.74. The molecule has 2 N–H and O–H groups in total. The van der Waals surface area contributed by atoms with Crippen LogP contribution in [0.2, 0.25) is 0 Å². The Morgan fingerprint density at radius 1 is 1.27 bits per heavy atom. The number of halogens is 4. The van der Waals surface area contributed by atoms with Gasteiger partial charge in [0.1, 0.15) is 0 Å². The van der Waals surface area contributed by atoms with Crippen molar-refractivity contribution in [3.63, 3.8) is 0 Å². The van der Waals surface area contributed by atoms with Crippen LogP contribution in [0.1, 0.15) is 18.4 Å². The molecule has 1 unspecified atom stereocenters. The summed E-state index contributed by atoms with van der Waals surface area (Å²) in [5.74, 6) is 0.240. The largest absolute Gasteiger partial charge is 0.416 e. The van der Waals surface area contributed by atoms with Crippen molar-refractivity contribution in [2.75, 3.05) is 13.6 Å². The molecular formula is C13H18ClF3N2O2S. The summed E-state index contributed by atoms with van der Waals surface area (Å²) in [4.78, 5) is -0.155. The molecule has 1 aliphatic carbocycles. The van der Waals surface area contributed by atoms with E-state index in [1.165, 1.54) is 11.4 Å². The van der Waals surface area contributed by atoms with Crippen molar-refractivity contribution < 1.29 is 21.6 Å². The van der Waals surface area contributed by atoms with E-state index in [1.54, 1.807) is 0 Å². The van der Waals surface area contributed by atoms with Crippen LogP contribution in [-0.2, 0) is 16.2 Å². The van der Waals surface area contributed by atoms with Crippen LogP contribution >= 0.6 is 12.4 Å². The highest BCUT2D eigenvalue weighted by molar-refractivity contribution is 7.89. The SMILES string of the molecule is CN(C(CN)C1CC1)S(=O)(=O)c1ccc(C(F)(F)F)cc1.Cl. The maximum atomic E-state index is 12.5. The zero-order valence-electron chi connectivity index (χ0n) is 11.9. The van der Waals surface area contributed by atoms with Gasteiger partial charge in [-0.05, 0) is 43.0 Å². The fourth-order valence-electron chi connectivity index (χ4n) is 2.28. The summed E-state index contributed by atoms with van der Waals surface area (Å²) in [6.07, 6.45) is -2.63. The first-order valence-corrected chi connectivity index (χ1v) is 7.97. The van der Waals surface area contributed by atoms with Gasteiger partial charge in [-0.2, -0.15) is 17.5 Å². The molecule has 0 amide bonds. The molecule has 1 aromatic rings. The van der Waals surface area contributed by atoms with Crippen LogP contribution in [0.4, 0.5) is 13.2 Å². The zero-order chi connectivity index (χ0) is 15.8. The maximum absolute atomic E-state index is 12.5. The number of rotatable bonds is 5. The summed E-state index contributed by atoms with van der Waals surface area (Å²) in [5, 5.41) is 0. The summed E-state index contributed by atoms with van der Waals surface area (Å²) in [6.45, 7) is 0.195. The molecule has 0 bridgehead atoms. The molecule has 1 fully saturated rings. The Balaban J connectivity index is 0.00000242. The molecule has 4 nitrogen and oxygen atoms in total. The van der Waals surface area contributed by atoms with Gasteiger partial charge in [-0.25, -0.2) is 8.42 Å². The van der Waals surface area contributed by atoms with Crippen molar-refractivity contribution in [2.45, 2.75) is 30.0 Å². The monoisotopic (exact) mass is 358 g/mol. The summed E-state index contributed by atoms with van der Waals surface area (Å²) in [7, 11) is -2.41. The highest BCUT2D eigenvalue weighted by Gasteiger charge is 2.38. The van der Waals surface area contributed by atoms with Gasteiger partial charge < -0.3 is 5.73 Å². The molecule has 9 heteroatoms. The van der Waals surface area contributed by atoms with E-state index in [4.69, 9.17) is 5.73 Å². The van der Waals surface area contributed by atoms with Gasteiger partial charge in [0.25, 0.3) is 0 Å². The predicted octanol–water partition coefficient (Wildman–Crippen LogP) is 2.49. The fourth-order valence-corrected chi connectivity index (χ4v) is 3.71. The number of nitrogens with zero attached hydrogens (tertiary/aromatic N) is 1. The minimum atomic E-state index is -4.48. The molecule has 2 rings (SSSR count). The second-order valence-electron chi connectivity index (χ2n) is 5.18. The third-order valence-corrected chi connectivity index (χ3v) is 5.63. The number of hydrogen-bond acceptors (Lipinski definition) is 3. The molecule has 1 aliphatic rings. The first-order valence-electron chi connectivity index (χ1n) is 6.53. The van der Waals surface area contributed by atoms with E-state index in [2.05, 4.69) is 0 Å². The van der Waals surface area contributed by atoms with E-state index in [9.17, 15) is 21.6 Å². The average Bonchev–Trinajstić information content (AvgIpc) is 3.23. The maximum Gasteiger partial charge on any atom is 0.416 e. The molecule has 0 aromatic heterocycles. The Kier molecular flexibility index (Phi) is 5.88. The van der Waals surface area contributed by atoms with Gasteiger partial charge in [0.05, 0.1) is 10.5 Å². The van der Waals surface area contributed by atoms with E-state index in [1.807, 2.05) is 0 Å². The van der Waals surface area contributed by atoms with Crippen LogP contribution < -0.4 is 5.73 Å². The van der Waals surface area contributed by atoms with Gasteiger partial charge in [-0.1, -0.05) is 0 Å². The summed E-state index contributed by atoms with van der Waals surface area (Å²) in [6, 6.07) is 3.20. The lowest BCUT2D eigenvalue weighted by atomic mass is 10.2. The second-order valence-corrected chi connectivity index (χ2v) is 7.18. The highest BCUT2D eigenvalue weighted by atomic mass is 35.5. The Hall–Kier alpha value is -0.830. The molecule has 0 radical (unpaired) electrons. The zero-order valence-corrected chi connectivity index (χ0v) is 13.5. The normalized spacial score (nSPS) is 17.2. The number of nitrogens with two attached hydrogens (primary N) is 1. The van der Waals surface area contributed by atoms with Gasteiger partial charge in [0.15, 0.2) is 0 Å². The van der Waals surface area contributed by atoms with Crippen LogP contribution in [0.25, 0.3) is 0 Å². The molecule has 1 aromatic carbocycles. The van der Waals surface area contributed by atoms with Gasteiger partial charge >= 0.3 is 6.18 Å². The minimum Gasteiger partial charge on any atom is -0.329 e. The molecule has 0 heterocycles. The number of benzene rings is 1. The van der Waals surface area contributed by atoms with Crippen LogP contribution in [0, 0.1) is 5.92 Å². The Bertz CT molecular complexity index is 601. The quantitative estimate of drug-likeness (QED) is 0.879. The van der Waals surface area contributed by atoms with Crippen molar-refractivity contribution >= 4 is 22.4 Å². The topological polar surface area (TPSA) is 63.4 Å². The van der Waals surface area contributed by atoms with E-state index < -0.39 is 21.8 Å². The van der Waals surface area contributed by atoms with Gasteiger partial charge in [0.2, 0.25) is 10.0 Å². The molecule has 0 spiro atoms. The number of likely N-dealkylation sites (N-methyl/N-ethyl adjacent to an activating group) is 1. The van der Waals surface area contributed by atoms with Crippen molar-refractivity contribution in [1.82, 2.24) is 4.31 Å². The summed E-state index contributed by atoms with van der Waals surface area (Å²) < 4.78 is 63.5. The second kappa shape index (κ2) is 6.74. The lowest BCUT2D eigenvalue weighted by Crippen LogP contribution is -2.43. The van der Waals surface area contributed by atoms with Crippen LogP contribution in [0.5, 0.6) is 0 Å². The average molecular weight is 359 g/mol. The number of hydrogen-bond donors (Lipinski definition) is 1. The summed E-state index contributed by atoms with van der Waals surface area (Å²) >= 11 is 0. The lowest BCUT2D eigenvalue weighted by molar-refractivity contribution is -0.137. The molecule has 22 heavy (non-hydrogen) atoms. The number of sulfonamides is 1. The van der Waals surface area contributed by atoms with Gasteiger partial charge in [0, 0.05) is 19.6 Å².